The van der Waals surface area contributed by atoms with Crippen molar-refractivity contribution in [2.24, 2.45) is 0 Å². The molecule has 20 heavy (non-hydrogen) atoms. The van der Waals surface area contributed by atoms with Gasteiger partial charge in [-0.2, -0.15) is 0 Å². The van der Waals surface area contributed by atoms with Crippen molar-refractivity contribution >= 4 is 22.9 Å². The molecular formula is C13H13F2N3OS. The molecule has 0 aliphatic heterocycles. The lowest BCUT2D eigenvalue weighted by molar-refractivity contribution is 0.0947. The number of hydrogen-bond donors (Lipinski definition) is 2. The summed E-state index contributed by atoms with van der Waals surface area (Å²) in [5.74, 6) is -2.48. The van der Waals surface area contributed by atoms with E-state index in [2.05, 4.69) is 10.3 Å². The van der Waals surface area contributed by atoms with Gasteiger partial charge in [-0.1, -0.05) is 6.92 Å². The number of halogens is 2. The van der Waals surface area contributed by atoms with Gasteiger partial charge in [0.15, 0.2) is 0 Å². The predicted molar refractivity (Wildman–Crippen MR) is 73.4 cm³/mol. The third-order valence-electron chi connectivity index (χ3n) is 2.68. The average molecular weight is 297 g/mol. The van der Waals surface area contributed by atoms with Crippen molar-refractivity contribution in [1.82, 2.24) is 10.3 Å². The summed E-state index contributed by atoms with van der Waals surface area (Å²) >= 11 is 1.48. The van der Waals surface area contributed by atoms with Crippen LogP contribution in [0.3, 0.4) is 0 Å². The van der Waals surface area contributed by atoms with Crippen LogP contribution in [0.25, 0.3) is 0 Å². The largest absolute Gasteiger partial charge is 0.396 e. The van der Waals surface area contributed by atoms with Gasteiger partial charge >= 0.3 is 0 Å². The smallest absolute Gasteiger partial charge is 0.254 e. The Bertz CT molecular complexity index is 643. The molecule has 1 heterocycles. The van der Waals surface area contributed by atoms with Crippen LogP contribution in [-0.4, -0.2) is 10.9 Å². The summed E-state index contributed by atoms with van der Waals surface area (Å²) in [4.78, 5) is 17.1. The molecule has 0 unspecified atom stereocenters. The van der Waals surface area contributed by atoms with E-state index < -0.39 is 17.5 Å². The summed E-state index contributed by atoms with van der Waals surface area (Å²) in [5.41, 5.74) is 4.78. The Hall–Kier alpha value is -2.02. The first-order valence-electron chi connectivity index (χ1n) is 5.97. The van der Waals surface area contributed by atoms with Crippen molar-refractivity contribution in [1.29, 1.82) is 0 Å². The van der Waals surface area contributed by atoms with Crippen LogP contribution in [0.1, 0.15) is 27.2 Å². The van der Waals surface area contributed by atoms with Crippen LogP contribution in [-0.2, 0) is 13.0 Å². The van der Waals surface area contributed by atoms with Crippen LogP contribution in [0.15, 0.2) is 18.3 Å². The highest BCUT2D eigenvalue weighted by atomic mass is 32.1. The maximum absolute atomic E-state index is 13.5. The van der Waals surface area contributed by atoms with Crippen molar-refractivity contribution in [2.75, 3.05) is 5.73 Å². The van der Waals surface area contributed by atoms with E-state index in [-0.39, 0.29) is 17.8 Å². The van der Waals surface area contributed by atoms with Crippen LogP contribution in [0.2, 0.25) is 0 Å². The number of hydrogen-bond acceptors (Lipinski definition) is 4. The van der Waals surface area contributed by atoms with E-state index in [4.69, 9.17) is 5.73 Å². The lowest BCUT2D eigenvalue weighted by Gasteiger charge is -2.06. The Morgan fingerprint density at radius 2 is 2.15 bits per heavy atom. The average Bonchev–Trinajstić information content (AvgIpc) is 2.88. The summed E-state index contributed by atoms with van der Waals surface area (Å²) < 4.78 is 26.5. The molecule has 7 heteroatoms. The molecule has 0 atom stereocenters. The Morgan fingerprint density at radius 3 is 2.80 bits per heavy atom. The molecule has 1 aromatic heterocycles. The number of nitrogen functional groups attached to an aromatic ring is 1. The highest BCUT2D eigenvalue weighted by Crippen LogP contribution is 2.17. The first kappa shape index (κ1) is 14.4. The number of nitrogens with two attached hydrogens (primary N) is 1. The van der Waals surface area contributed by atoms with E-state index in [1.807, 2.05) is 6.92 Å². The molecule has 106 valence electrons. The second kappa shape index (κ2) is 5.96. The van der Waals surface area contributed by atoms with Crippen molar-refractivity contribution < 1.29 is 13.6 Å². The van der Waals surface area contributed by atoms with Crippen LogP contribution in [0.5, 0.6) is 0 Å². The van der Waals surface area contributed by atoms with Crippen molar-refractivity contribution in [2.45, 2.75) is 19.9 Å². The predicted octanol–water partition coefficient (Wildman–Crippen LogP) is 2.50. The third kappa shape index (κ3) is 3.11. The SMILES string of the molecule is CCc1cnc(CNC(=O)c2cc(N)c(F)cc2F)s1. The second-order valence-corrected chi connectivity index (χ2v) is 5.31. The first-order chi connectivity index (χ1) is 9.51. The maximum Gasteiger partial charge on any atom is 0.254 e. The molecule has 2 aromatic rings. The Labute approximate surface area is 118 Å². The Balaban J connectivity index is 2.07. The van der Waals surface area contributed by atoms with Gasteiger partial charge in [-0.25, -0.2) is 13.8 Å². The number of amides is 1. The molecule has 0 saturated carbocycles. The highest BCUT2D eigenvalue weighted by Gasteiger charge is 2.15. The van der Waals surface area contributed by atoms with Crippen LogP contribution in [0, 0.1) is 11.6 Å². The number of benzene rings is 1. The number of nitrogens with zero attached hydrogens (tertiary/aromatic N) is 1. The molecule has 3 N–H and O–H groups in total. The van der Waals surface area contributed by atoms with Gasteiger partial charge in [-0.3, -0.25) is 4.79 Å². The molecule has 4 nitrogen and oxygen atoms in total. The van der Waals surface area contributed by atoms with Gasteiger partial charge in [-0.15, -0.1) is 11.3 Å². The van der Waals surface area contributed by atoms with Gasteiger partial charge < -0.3 is 11.1 Å². The number of carbonyl (C=O) groups is 1. The normalized spacial score (nSPS) is 10.6. The fourth-order valence-corrected chi connectivity index (χ4v) is 2.39. The van der Waals surface area contributed by atoms with Gasteiger partial charge in [0.2, 0.25) is 0 Å². The lowest BCUT2D eigenvalue weighted by atomic mass is 10.1. The molecular weight excluding hydrogens is 284 g/mol. The zero-order valence-electron chi connectivity index (χ0n) is 10.7. The third-order valence-corrected chi connectivity index (χ3v) is 3.82. The molecule has 0 bridgehead atoms. The fraction of sp³-hybridized carbons (Fsp3) is 0.231. The van der Waals surface area contributed by atoms with E-state index in [1.165, 1.54) is 11.3 Å². The number of thiazole rings is 1. The summed E-state index contributed by atoms with van der Waals surface area (Å²) in [7, 11) is 0. The monoisotopic (exact) mass is 297 g/mol. The Kier molecular flexibility index (Phi) is 4.29. The molecule has 1 aromatic carbocycles. The summed E-state index contributed by atoms with van der Waals surface area (Å²) in [6.45, 7) is 2.20. The maximum atomic E-state index is 13.5. The van der Waals surface area contributed by atoms with Crippen LogP contribution in [0.4, 0.5) is 14.5 Å². The number of rotatable bonds is 4. The minimum Gasteiger partial charge on any atom is -0.396 e. The lowest BCUT2D eigenvalue weighted by Crippen LogP contribution is -2.24. The molecule has 1 amide bonds. The number of anilines is 1. The summed E-state index contributed by atoms with van der Waals surface area (Å²) in [5, 5.41) is 3.26. The number of carbonyl (C=O) groups excluding carboxylic acids is 1. The van der Waals surface area contributed by atoms with E-state index in [0.717, 1.165) is 22.4 Å². The van der Waals surface area contributed by atoms with Crippen LogP contribution < -0.4 is 11.1 Å². The van der Waals surface area contributed by atoms with Crippen molar-refractivity contribution in [3.63, 3.8) is 0 Å². The number of nitrogens with one attached hydrogen (secondary N) is 1. The molecule has 0 radical (unpaired) electrons. The van der Waals surface area contributed by atoms with Gasteiger partial charge in [-0.05, 0) is 12.5 Å². The highest BCUT2D eigenvalue weighted by molar-refractivity contribution is 7.11. The van der Waals surface area contributed by atoms with E-state index in [9.17, 15) is 13.6 Å². The first-order valence-corrected chi connectivity index (χ1v) is 6.79. The zero-order chi connectivity index (χ0) is 14.7. The van der Waals surface area contributed by atoms with Gasteiger partial charge in [0.25, 0.3) is 5.91 Å². The fourth-order valence-electron chi connectivity index (χ4n) is 1.58. The quantitative estimate of drug-likeness (QED) is 0.852. The van der Waals surface area contributed by atoms with Crippen molar-refractivity contribution in [3.05, 3.63) is 45.4 Å². The number of aryl methyl sites for hydroxylation is 1. The van der Waals surface area contributed by atoms with E-state index in [0.29, 0.717) is 6.07 Å². The second-order valence-electron chi connectivity index (χ2n) is 4.11. The topological polar surface area (TPSA) is 68.0 Å². The minimum atomic E-state index is -0.942. The van der Waals surface area contributed by atoms with Crippen molar-refractivity contribution in [3.8, 4) is 0 Å². The summed E-state index contributed by atoms with van der Waals surface area (Å²) in [6, 6.07) is 1.59. The van der Waals surface area contributed by atoms with Gasteiger partial charge in [0.1, 0.15) is 16.6 Å². The van der Waals surface area contributed by atoms with E-state index in [1.54, 1.807) is 6.20 Å². The zero-order valence-corrected chi connectivity index (χ0v) is 11.6. The van der Waals surface area contributed by atoms with Crippen LogP contribution >= 0.6 is 11.3 Å². The minimum absolute atomic E-state index is 0.195. The summed E-state index contributed by atoms with van der Waals surface area (Å²) in [6.07, 6.45) is 2.61. The van der Waals surface area contributed by atoms with Gasteiger partial charge in [0, 0.05) is 17.1 Å². The molecule has 2 rings (SSSR count). The molecule has 0 aliphatic rings. The number of aromatic nitrogens is 1. The van der Waals surface area contributed by atoms with Gasteiger partial charge in [0.05, 0.1) is 17.8 Å². The molecule has 0 aliphatic carbocycles. The molecule has 0 spiro atoms. The standard InChI is InChI=1S/C13H13F2N3OS/c1-2-7-5-17-12(20-7)6-18-13(19)8-3-11(16)10(15)4-9(8)14/h3-5H,2,6,16H2,1H3,(H,18,19). The molecule has 0 saturated heterocycles. The van der Waals surface area contributed by atoms with E-state index >= 15 is 0 Å². The molecule has 0 fully saturated rings. The Morgan fingerprint density at radius 1 is 1.40 bits per heavy atom.